The number of benzene rings is 1. The smallest absolute Gasteiger partial charge is 0.242 e. The molecule has 11 heteroatoms. The maximum atomic E-state index is 11.9. The molecule has 1 fully saturated rings. The van der Waals surface area contributed by atoms with Crippen molar-refractivity contribution in [3.8, 4) is 28.6 Å². The first-order chi connectivity index (χ1) is 15.4. The van der Waals surface area contributed by atoms with Crippen LogP contribution in [0.2, 0.25) is 0 Å². The summed E-state index contributed by atoms with van der Waals surface area (Å²) in [6.07, 6.45) is 3.93. The van der Waals surface area contributed by atoms with Crippen molar-refractivity contribution in [1.29, 1.82) is 0 Å². The number of morpholine rings is 1. The van der Waals surface area contributed by atoms with Gasteiger partial charge in [-0.1, -0.05) is 0 Å². The fourth-order valence-corrected chi connectivity index (χ4v) is 4.30. The van der Waals surface area contributed by atoms with Gasteiger partial charge in [0.1, 0.15) is 12.7 Å². The van der Waals surface area contributed by atoms with Crippen LogP contribution in [0.15, 0.2) is 36.7 Å². The van der Waals surface area contributed by atoms with Gasteiger partial charge in [-0.15, -0.1) is 0 Å². The van der Waals surface area contributed by atoms with Crippen molar-refractivity contribution in [3.05, 3.63) is 36.7 Å². The molecule has 3 heterocycles. The fourth-order valence-electron chi connectivity index (χ4n) is 3.45. The van der Waals surface area contributed by atoms with E-state index in [2.05, 4.69) is 15.0 Å². The molecule has 0 saturated carbocycles. The van der Waals surface area contributed by atoms with Crippen LogP contribution in [-0.2, 0) is 14.8 Å². The molecule has 0 amide bonds. The minimum absolute atomic E-state index is 0.125. The fraction of sp³-hybridized carbons (Fsp3) is 0.381. The summed E-state index contributed by atoms with van der Waals surface area (Å²) in [6, 6.07) is 7.30. The topological polar surface area (TPSA) is 113 Å². The summed E-state index contributed by atoms with van der Waals surface area (Å²) in [7, 11) is -0.150. The van der Waals surface area contributed by atoms with Crippen molar-refractivity contribution in [2.24, 2.45) is 0 Å². The van der Waals surface area contributed by atoms with E-state index >= 15 is 0 Å². The van der Waals surface area contributed by atoms with E-state index in [9.17, 15) is 8.42 Å². The van der Waals surface area contributed by atoms with Crippen LogP contribution in [0.3, 0.4) is 0 Å². The van der Waals surface area contributed by atoms with Crippen LogP contribution in [0.5, 0.6) is 17.4 Å². The van der Waals surface area contributed by atoms with Gasteiger partial charge in [-0.3, -0.25) is 4.98 Å². The first-order valence-corrected chi connectivity index (χ1v) is 11.8. The van der Waals surface area contributed by atoms with E-state index in [1.165, 1.54) is 10.6 Å². The first-order valence-electron chi connectivity index (χ1n) is 9.92. The molecule has 0 N–H and O–H groups in total. The third-order valence-corrected chi connectivity index (χ3v) is 6.35. The van der Waals surface area contributed by atoms with Gasteiger partial charge in [-0.25, -0.2) is 18.4 Å². The predicted molar refractivity (Wildman–Crippen MR) is 118 cm³/mol. The number of hydrogen-bond acceptors (Lipinski definition) is 9. The second-order valence-electron chi connectivity index (χ2n) is 7.23. The number of nitrogens with zero attached hydrogens (tertiary/aromatic N) is 4. The van der Waals surface area contributed by atoms with Crippen LogP contribution in [0.1, 0.15) is 0 Å². The van der Waals surface area contributed by atoms with Gasteiger partial charge in [0.05, 0.1) is 38.3 Å². The molecule has 1 aliphatic rings. The molecule has 3 aromatic rings. The van der Waals surface area contributed by atoms with E-state index in [1.807, 2.05) is 18.2 Å². The Labute approximate surface area is 186 Å². The average molecular weight is 461 g/mol. The van der Waals surface area contributed by atoms with Crippen LogP contribution in [0, 0.1) is 0 Å². The van der Waals surface area contributed by atoms with E-state index in [0.29, 0.717) is 47.3 Å². The van der Waals surface area contributed by atoms with E-state index < -0.39 is 16.1 Å². The zero-order valence-corrected chi connectivity index (χ0v) is 18.8. The summed E-state index contributed by atoms with van der Waals surface area (Å²) in [5.74, 6) is 1.48. The molecule has 32 heavy (non-hydrogen) atoms. The van der Waals surface area contributed by atoms with Gasteiger partial charge in [-0.2, -0.15) is 4.31 Å². The predicted octanol–water partition coefficient (Wildman–Crippen LogP) is 1.75. The van der Waals surface area contributed by atoms with Gasteiger partial charge in [0.25, 0.3) is 0 Å². The zero-order valence-electron chi connectivity index (χ0n) is 18.0. The second-order valence-corrected chi connectivity index (χ2v) is 9.21. The molecule has 1 atom stereocenters. The van der Waals surface area contributed by atoms with Gasteiger partial charge in [-0.05, 0) is 24.3 Å². The lowest BCUT2D eigenvalue weighted by Gasteiger charge is -2.30. The highest BCUT2D eigenvalue weighted by Crippen LogP contribution is 2.33. The van der Waals surface area contributed by atoms with Gasteiger partial charge < -0.3 is 18.9 Å². The third-order valence-electron chi connectivity index (χ3n) is 5.08. The standard InChI is InChI=1S/C21H24N4O6S/c1-28-18-5-4-14(10-19(18)29-2)16-11-17-20(23-7-6-22-17)21(24-16)31-13-15-12-25(8-9-30-15)32(3,26)27/h4-7,10-11,15H,8-9,12-13H2,1-3H3/t15-/m0/s1. The normalized spacial score (nSPS) is 17.3. The zero-order chi connectivity index (χ0) is 22.7. The highest BCUT2D eigenvalue weighted by atomic mass is 32.2. The lowest BCUT2D eigenvalue weighted by Crippen LogP contribution is -2.47. The van der Waals surface area contributed by atoms with Gasteiger partial charge in [0.15, 0.2) is 17.0 Å². The Morgan fingerprint density at radius 3 is 2.66 bits per heavy atom. The summed E-state index contributed by atoms with van der Waals surface area (Å²) >= 11 is 0. The Hall–Kier alpha value is -3.02. The summed E-state index contributed by atoms with van der Waals surface area (Å²) in [6.45, 7) is 0.982. The number of aromatic nitrogens is 3. The van der Waals surface area contributed by atoms with Crippen molar-refractivity contribution in [2.45, 2.75) is 6.10 Å². The summed E-state index contributed by atoms with van der Waals surface area (Å²) in [4.78, 5) is 13.4. The van der Waals surface area contributed by atoms with E-state index in [0.717, 1.165) is 5.56 Å². The van der Waals surface area contributed by atoms with Gasteiger partial charge in [0.2, 0.25) is 15.9 Å². The molecular formula is C21H24N4O6S. The highest BCUT2D eigenvalue weighted by molar-refractivity contribution is 7.88. The number of rotatable bonds is 7. The van der Waals surface area contributed by atoms with E-state index in [-0.39, 0.29) is 13.2 Å². The number of pyridine rings is 1. The van der Waals surface area contributed by atoms with Crippen molar-refractivity contribution < 1.29 is 27.4 Å². The van der Waals surface area contributed by atoms with Crippen molar-refractivity contribution in [3.63, 3.8) is 0 Å². The molecule has 1 aromatic carbocycles. The molecule has 0 spiro atoms. The maximum Gasteiger partial charge on any atom is 0.242 e. The molecule has 0 aliphatic carbocycles. The molecule has 4 rings (SSSR count). The molecule has 0 bridgehead atoms. The SMILES string of the molecule is COc1ccc(-c2cc3nccnc3c(OC[C@@H]3CN(S(C)(=O)=O)CCO3)n2)cc1OC. The molecule has 1 aliphatic heterocycles. The van der Waals surface area contributed by atoms with Gasteiger partial charge >= 0.3 is 0 Å². The Bertz CT molecular complexity index is 1220. The summed E-state index contributed by atoms with van der Waals surface area (Å²) in [5.41, 5.74) is 2.53. The van der Waals surface area contributed by atoms with E-state index in [4.69, 9.17) is 18.9 Å². The number of hydrogen-bond donors (Lipinski definition) is 0. The molecular weight excluding hydrogens is 436 g/mol. The maximum absolute atomic E-state index is 11.9. The second kappa shape index (κ2) is 9.23. The summed E-state index contributed by atoms with van der Waals surface area (Å²) < 4.78 is 47.5. The number of methoxy groups -OCH3 is 2. The lowest BCUT2D eigenvalue weighted by atomic mass is 10.1. The molecule has 0 radical (unpaired) electrons. The number of fused-ring (bicyclic) bond motifs is 1. The van der Waals surface area contributed by atoms with Crippen molar-refractivity contribution in [1.82, 2.24) is 19.3 Å². The molecule has 1 saturated heterocycles. The largest absolute Gasteiger partial charge is 0.493 e. The minimum Gasteiger partial charge on any atom is -0.493 e. The molecule has 2 aromatic heterocycles. The van der Waals surface area contributed by atoms with Crippen LogP contribution in [0.4, 0.5) is 0 Å². The minimum atomic E-state index is -3.29. The number of sulfonamides is 1. The van der Waals surface area contributed by atoms with E-state index in [1.54, 1.807) is 32.7 Å². The highest BCUT2D eigenvalue weighted by Gasteiger charge is 2.27. The van der Waals surface area contributed by atoms with Crippen molar-refractivity contribution >= 4 is 21.1 Å². The summed E-state index contributed by atoms with van der Waals surface area (Å²) in [5, 5.41) is 0. The van der Waals surface area contributed by atoms with Crippen LogP contribution >= 0.6 is 0 Å². The van der Waals surface area contributed by atoms with Crippen molar-refractivity contribution in [2.75, 3.05) is 46.8 Å². The Balaban J connectivity index is 1.63. The van der Waals surface area contributed by atoms with Crippen LogP contribution in [-0.4, -0.2) is 80.6 Å². The quantitative estimate of drug-likeness (QED) is 0.520. The monoisotopic (exact) mass is 460 g/mol. The van der Waals surface area contributed by atoms with Gasteiger partial charge in [0, 0.05) is 31.0 Å². The third kappa shape index (κ3) is 4.74. The molecule has 10 nitrogen and oxygen atoms in total. The Morgan fingerprint density at radius 1 is 1.12 bits per heavy atom. The van der Waals surface area contributed by atoms with Crippen LogP contribution in [0.25, 0.3) is 22.3 Å². The first kappa shape index (κ1) is 22.2. The molecule has 170 valence electrons. The number of ether oxygens (including phenoxy) is 4. The van der Waals surface area contributed by atoms with Crippen LogP contribution < -0.4 is 14.2 Å². The Kier molecular flexibility index (Phi) is 6.40. The Morgan fingerprint density at radius 2 is 1.91 bits per heavy atom. The average Bonchev–Trinajstić information content (AvgIpc) is 2.81. The molecule has 0 unspecified atom stereocenters. The lowest BCUT2D eigenvalue weighted by molar-refractivity contribution is -0.0252.